The summed E-state index contributed by atoms with van der Waals surface area (Å²) in [5.74, 6) is -0.199. The number of benzene rings is 2. The second-order valence-electron chi connectivity index (χ2n) is 6.25. The first kappa shape index (κ1) is 17.2. The quantitative estimate of drug-likeness (QED) is 0.698. The smallest absolute Gasteiger partial charge is 0.308 e. The normalized spacial score (nSPS) is 11.5. The van der Waals surface area contributed by atoms with Crippen LogP contribution in [-0.4, -0.2) is 10.5 Å². The molecule has 0 atom stereocenters. The lowest BCUT2D eigenvalue weighted by molar-refractivity contribution is -0.111. The molecule has 0 aliphatic heterocycles. The second kappa shape index (κ2) is 7.07. The molecule has 0 spiro atoms. The molecule has 0 bridgehead atoms. The maximum absolute atomic E-state index is 12.1. The van der Waals surface area contributed by atoms with E-state index in [0.29, 0.717) is 5.69 Å². The fraction of sp³-hybridized carbons (Fsp3) is 0.200. The van der Waals surface area contributed by atoms with Crippen molar-refractivity contribution in [1.29, 1.82) is 0 Å². The van der Waals surface area contributed by atoms with Gasteiger partial charge in [0.05, 0.1) is 10.2 Å². The van der Waals surface area contributed by atoms with E-state index in [1.807, 2.05) is 63.2 Å². The van der Waals surface area contributed by atoms with E-state index in [2.05, 4.69) is 5.32 Å². The standard InChI is InChI=1S/C20H20N2O2S/c1-13(2)22-17-10-9-16(12-18(17)25-20(22)24)21-19(23)11-8-15-6-4-14(3)5-7-15/h4-13H,1-3H3,(H,21,23)/b11-8+. The van der Waals surface area contributed by atoms with Crippen LogP contribution in [0, 0.1) is 6.92 Å². The SMILES string of the molecule is Cc1ccc(/C=C/C(=O)Nc2ccc3c(c2)sc(=O)n3C(C)C)cc1. The number of anilines is 1. The van der Waals surface area contributed by atoms with Crippen LogP contribution in [0.1, 0.15) is 31.0 Å². The molecule has 1 N–H and O–H groups in total. The minimum absolute atomic E-state index is 0.0211. The number of carbonyl (C=O) groups excluding carboxylic acids is 1. The number of hydrogen-bond donors (Lipinski definition) is 1. The van der Waals surface area contributed by atoms with Gasteiger partial charge in [0.15, 0.2) is 0 Å². The number of rotatable bonds is 4. The second-order valence-corrected chi connectivity index (χ2v) is 7.24. The summed E-state index contributed by atoms with van der Waals surface area (Å²) in [5.41, 5.74) is 3.74. The van der Waals surface area contributed by atoms with Crippen molar-refractivity contribution in [3.63, 3.8) is 0 Å². The topological polar surface area (TPSA) is 51.1 Å². The van der Waals surface area contributed by atoms with Crippen molar-refractivity contribution in [3.8, 4) is 0 Å². The Bertz CT molecular complexity index is 995. The van der Waals surface area contributed by atoms with Crippen LogP contribution in [0.2, 0.25) is 0 Å². The molecule has 2 aromatic carbocycles. The highest BCUT2D eigenvalue weighted by Crippen LogP contribution is 2.24. The van der Waals surface area contributed by atoms with Gasteiger partial charge in [-0.25, -0.2) is 0 Å². The molecule has 1 aromatic heterocycles. The van der Waals surface area contributed by atoms with Gasteiger partial charge < -0.3 is 5.32 Å². The predicted molar refractivity (Wildman–Crippen MR) is 105 cm³/mol. The van der Waals surface area contributed by atoms with Gasteiger partial charge in [-0.2, -0.15) is 0 Å². The lowest BCUT2D eigenvalue weighted by Gasteiger charge is -2.08. The molecule has 0 unspecified atom stereocenters. The van der Waals surface area contributed by atoms with Crippen LogP contribution in [0.15, 0.2) is 53.3 Å². The Morgan fingerprint density at radius 2 is 1.88 bits per heavy atom. The van der Waals surface area contributed by atoms with E-state index in [1.54, 1.807) is 10.6 Å². The van der Waals surface area contributed by atoms with Crippen LogP contribution < -0.4 is 10.2 Å². The average molecular weight is 352 g/mol. The highest BCUT2D eigenvalue weighted by Gasteiger charge is 2.11. The van der Waals surface area contributed by atoms with Gasteiger partial charge in [-0.1, -0.05) is 41.2 Å². The number of nitrogens with one attached hydrogen (secondary N) is 1. The highest BCUT2D eigenvalue weighted by atomic mass is 32.1. The monoisotopic (exact) mass is 352 g/mol. The minimum atomic E-state index is -0.199. The molecule has 0 aliphatic rings. The van der Waals surface area contributed by atoms with E-state index in [1.165, 1.54) is 23.0 Å². The van der Waals surface area contributed by atoms with E-state index in [0.717, 1.165) is 15.8 Å². The van der Waals surface area contributed by atoms with Crippen molar-refractivity contribution in [3.05, 3.63) is 69.3 Å². The van der Waals surface area contributed by atoms with Gasteiger partial charge in [0.1, 0.15) is 0 Å². The molecule has 3 aromatic rings. The third-order valence-corrected chi connectivity index (χ3v) is 4.82. The van der Waals surface area contributed by atoms with Crippen LogP contribution in [0.3, 0.4) is 0 Å². The zero-order valence-electron chi connectivity index (χ0n) is 14.4. The highest BCUT2D eigenvalue weighted by molar-refractivity contribution is 7.16. The van der Waals surface area contributed by atoms with Crippen LogP contribution in [0.5, 0.6) is 0 Å². The number of amides is 1. The number of aryl methyl sites for hydroxylation is 1. The van der Waals surface area contributed by atoms with Crippen LogP contribution in [-0.2, 0) is 4.79 Å². The van der Waals surface area contributed by atoms with E-state index in [-0.39, 0.29) is 16.8 Å². The molecular weight excluding hydrogens is 332 g/mol. The fourth-order valence-electron chi connectivity index (χ4n) is 2.64. The van der Waals surface area contributed by atoms with E-state index < -0.39 is 0 Å². The van der Waals surface area contributed by atoms with E-state index >= 15 is 0 Å². The van der Waals surface area contributed by atoms with Crippen molar-refractivity contribution in [2.24, 2.45) is 0 Å². The molecule has 25 heavy (non-hydrogen) atoms. The van der Waals surface area contributed by atoms with Crippen molar-refractivity contribution >= 4 is 39.2 Å². The average Bonchev–Trinajstić information content (AvgIpc) is 2.89. The van der Waals surface area contributed by atoms with E-state index in [4.69, 9.17) is 0 Å². The Kier molecular flexibility index (Phi) is 4.86. The predicted octanol–water partition coefficient (Wildman–Crippen LogP) is 4.60. The number of hydrogen-bond acceptors (Lipinski definition) is 3. The Hall–Kier alpha value is -2.66. The van der Waals surface area contributed by atoms with Crippen LogP contribution in [0.4, 0.5) is 5.69 Å². The van der Waals surface area contributed by atoms with Gasteiger partial charge in [0, 0.05) is 17.8 Å². The third-order valence-electron chi connectivity index (χ3n) is 3.90. The summed E-state index contributed by atoms with van der Waals surface area (Å²) in [6.07, 6.45) is 3.29. The number of thiazole rings is 1. The molecule has 3 rings (SSSR count). The first-order valence-corrected chi connectivity index (χ1v) is 8.96. The van der Waals surface area contributed by atoms with Crippen molar-refractivity contribution < 1.29 is 4.79 Å². The van der Waals surface area contributed by atoms with Crippen molar-refractivity contribution in [1.82, 2.24) is 4.57 Å². The number of aromatic nitrogens is 1. The zero-order valence-corrected chi connectivity index (χ0v) is 15.3. The number of fused-ring (bicyclic) bond motifs is 1. The first-order valence-electron chi connectivity index (χ1n) is 8.15. The maximum Gasteiger partial charge on any atom is 0.308 e. The molecule has 0 radical (unpaired) electrons. The lowest BCUT2D eigenvalue weighted by atomic mass is 10.1. The summed E-state index contributed by atoms with van der Waals surface area (Å²) in [6, 6.07) is 13.6. The molecule has 1 amide bonds. The molecular formula is C20H20N2O2S. The summed E-state index contributed by atoms with van der Waals surface area (Å²) in [5, 5.41) is 2.84. The molecule has 0 aliphatic carbocycles. The fourth-order valence-corrected chi connectivity index (χ4v) is 3.69. The summed E-state index contributed by atoms with van der Waals surface area (Å²) >= 11 is 1.20. The lowest BCUT2D eigenvalue weighted by Crippen LogP contribution is -2.14. The summed E-state index contributed by atoms with van der Waals surface area (Å²) in [7, 11) is 0. The van der Waals surface area contributed by atoms with Crippen molar-refractivity contribution in [2.75, 3.05) is 5.32 Å². The summed E-state index contributed by atoms with van der Waals surface area (Å²) in [6.45, 7) is 6.00. The van der Waals surface area contributed by atoms with Crippen LogP contribution in [0.25, 0.3) is 16.3 Å². The van der Waals surface area contributed by atoms with Gasteiger partial charge in [-0.3, -0.25) is 14.2 Å². The largest absolute Gasteiger partial charge is 0.322 e. The van der Waals surface area contributed by atoms with Gasteiger partial charge in [0.25, 0.3) is 0 Å². The van der Waals surface area contributed by atoms with Crippen molar-refractivity contribution in [2.45, 2.75) is 26.8 Å². The number of carbonyl (C=O) groups is 1. The van der Waals surface area contributed by atoms with Crippen LogP contribution >= 0.6 is 11.3 Å². The van der Waals surface area contributed by atoms with Gasteiger partial charge in [-0.15, -0.1) is 0 Å². The Morgan fingerprint density at radius 1 is 1.16 bits per heavy atom. The molecule has 128 valence electrons. The van der Waals surface area contributed by atoms with Gasteiger partial charge in [0.2, 0.25) is 5.91 Å². The first-order chi connectivity index (χ1) is 11.9. The summed E-state index contributed by atoms with van der Waals surface area (Å²) in [4.78, 5) is 24.2. The molecule has 4 nitrogen and oxygen atoms in total. The Balaban J connectivity index is 1.77. The molecule has 0 saturated heterocycles. The third kappa shape index (κ3) is 3.88. The Morgan fingerprint density at radius 3 is 2.56 bits per heavy atom. The molecule has 1 heterocycles. The van der Waals surface area contributed by atoms with E-state index in [9.17, 15) is 9.59 Å². The number of nitrogens with zero attached hydrogens (tertiary/aromatic N) is 1. The zero-order chi connectivity index (χ0) is 18.0. The summed E-state index contributed by atoms with van der Waals surface area (Å²) < 4.78 is 2.64. The molecule has 5 heteroatoms. The van der Waals surface area contributed by atoms with Gasteiger partial charge >= 0.3 is 4.87 Å². The molecule has 0 saturated carbocycles. The minimum Gasteiger partial charge on any atom is -0.322 e. The Labute approximate surface area is 150 Å². The molecule has 0 fully saturated rings. The maximum atomic E-state index is 12.1. The van der Waals surface area contributed by atoms with Gasteiger partial charge in [-0.05, 0) is 50.6 Å².